The molecule has 0 atom stereocenters. The van der Waals surface area contributed by atoms with Crippen molar-refractivity contribution in [2.24, 2.45) is 0 Å². The molecular formula is C33H36ClFN4O2. The van der Waals surface area contributed by atoms with Gasteiger partial charge < -0.3 is 14.7 Å². The molecule has 2 aromatic carbocycles. The largest absolute Gasteiger partial charge is 0.508 e. The van der Waals surface area contributed by atoms with Crippen LogP contribution in [-0.2, 0) is 0 Å². The van der Waals surface area contributed by atoms with Gasteiger partial charge in [-0.15, -0.1) is 0 Å². The van der Waals surface area contributed by atoms with Gasteiger partial charge in [-0.05, 0) is 106 Å². The van der Waals surface area contributed by atoms with E-state index < -0.39 is 5.82 Å². The first-order chi connectivity index (χ1) is 20.0. The zero-order chi connectivity index (χ0) is 28.1. The lowest BCUT2D eigenvalue weighted by molar-refractivity contribution is 0.111. The van der Waals surface area contributed by atoms with E-state index in [1.54, 1.807) is 18.3 Å². The van der Waals surface area contributed by atoms with E-state index in [-0.39, 0.29) is 28.4 Å². The summed E-state index contributed by atoms with van der Waals surface area (Å²) in [5.41, 5.74) is 1.96. The van der Waals surface area contributed by atoms with Crippen LogP contribution in [-0.4, -0.2) is 69.7 Å². The quantitative estimate of drug-likeness (QED) is 0.264. The molecule has 0 unspecified atom stereocenters. The van der Waals surface area contributed by atoms with Crippen LogP contribution in [0.15, 0.2) is 42.6 Å². The fraction of sp³-hybridized carbons (Fsp3) is 0.455. The highest BCUT2D eigenvalue weighted by atomic mass is 35.5. The van der Waals surface area contributed by atoms with Crippen molar-refractivity contribution >= 4 is 33.3 Å². The third-order valence-electron chi connectivity index (χ3n) is 9.75. The van der Waals surface area contributed by atoms with Crippen molar-refractivity contribution in [3.63, 3.8) is 0 Å². The molecule has 0 radical (unpaired) electrons. The van der Waals surface area contributed by atoms with Crippen molar-refractivity contribution in [3.8, 4) is 22.9 Å². The van der Waals surface area contributed by atoms with Gasteiger partial charge in [0.15, 0.2) is 5.82 Å². The number of piperidine rings is 1. The minimum Gasteiger partial charge on any atom is -0.508 e. The summed E-state index contributed by atoms with van der Waals surface area (Å²) in [6.07, 6.45) is 8.40. The molecule has 214 valence electrons. The van der Waals surface area contributed by atoms with Gasteiger partial charge in [0.1, 0.15) is 23.6 Å². The molecular weight excluding hydrogens is 539 g/mol. The van der Waals surface area contributed by atoms with Gasteiger partial charge in [-0.2, -0.15) is 0 Å². The van der Waals surface area contributed by atoms with Crippen LogP contribution in [0.4, 0.5) is 4.39 Å². The van der Waals surface area contributed by atoms with Crippen molar-refractivity contribution in [1.82, 2.24) is 19.8 Å². The molecule has 0 bridgehead atoms. The normalized spacial score (nSPS) is 19.8. The minimum atomic E-state index is -0.520. The Balaban J connectivity index is 1.34. The number of phenols is 1. The average molecular weight is 575 g/mol. The second-order valence-corrected chi connectivity index (χ2v) is 12.4. The second-order valence-electron chi connectivity index (χ2n) is 12.0. The molecule has 0 aliphatic carbocycles. The molecule has 3 fully saturated rings. The van der Waals surface area contributed by atoms with Crippen LogP contribution in [0.5, 0.6) is 11.6 Å². The smallest absolute Gasteiger partial charge is 0.214 e. The number of hydrogen-bond acceptors (Lipinski definition) is 6. The molecule has 8 heteroatoms. The standard InChI is InChI=1S/C33H36ClFN4O2/c1-2-38-14-8-21(9-15-38)24-18-28(41-20-33-10-4-12-39(33)13-5-11-33)37-32-26(24)19-36-31(30(32)35)25-17-23(40)16-22-6-3-7-27(34)29(22)25/h3,6-7,16-19,21,40H,2,4-5,8-15,20H2,1H3. The number of nitrogens with zero attached hydrogens (tertiary/aromatic N) is 4. The Morgan fingerprint density at radius 3 is 2.63 bits per heavy atom. The van der Waals surface area contributed by atoms with Gasteiger partial charge in [0, 0.05) is 33.6 Å². The fourth-order valence-corrected chi connectivity index (χ4v) is 7.82. The Morgan fingerprint density at radius 2 is 1.88 bits per heavy atom. The number of halogens is 2. The highest BCUT2D eigenvalue weighted by Crippen LogP contribution is 2.42. The number of fused-ring (bicyclic) bond motifs is 3. The van der Waals surface area contributed by atoms with E-state index in [0.29, 0.717) is 28.5 Å². The molecule has 7 rings (SSSR count). The predicted molar refractivity (Wildman–Crippen MR) is 161 cm³/mol. The maximum Gasteiger partial charge on any atom is 0.214 e. The topological polar surface area (TPSA) is 61.7 Å². The van der Waals surface area contributed by atoms with Crippen molar-refractivity contribution in [1.29, 1.82) is 0 Å². The van der Waals surface area contributed by atoms with Crippen molar-refractivity contribution < 1.29 is 14.2 Å². The monoisotopic (exact) mass is 574 g/mol. The van der Waals surface area contributed by atoms with Crippen LogP contribution in [0, 0.1) is 5.82 Å². The molecule has 6 nitrogen and oxygen atoms in total. The third-order valence-corrected chi connectivity index (χ3v) is 10.1. The summed E-state index contributed by atoms with van der Waals surface area (Å²) in [4.78, 5) is 14.4. The van der Waals surface area contributed by atoms with E-state index in [1.165, 1.54) is 18.9 Å². The Hall–Kier alpha value is -3.00. The zero-order valence-corrected chi connectivity index (χ0v) is 24.3. The van der Waals surface area contributed by atoms with Gasteiger partial charge in [-0.25, -0.2) is 9.37 Å². The van der Waals surface area contributed by atoms with Gasteiger partial charge in [-0.3, -0.25) is 9.88 Å². The van der Waals surface area contributed by atoms with Crippen LogP contribution in [0.3, 0.4) is 0 Å². The van der Waals surface area contributed by atoms with Crippen LogP contribution in [0.2, 0.25) is 5.02 Å². The van der Waals surface area contributed by atoms with Crippen LogP contribution >= 0.6 is 11.6 Å². The zero-order valence-electron chi connectivity index (χ0n) is 23.5. The molecule has 0 saturated carbocycles. The van der Waals surface area contributed by atoms with Crippen molar-refractivity contribution in [3.05, 3.63) is 59.0 Å². The maximum absolute atomic E-state index is 16.6. The second kappa shape index (κ2) is 10.7. The molecule has 5 heterocycles. The lowest BCUT2D eigenvalue weighted by Crippen LogP contribution is -2.43. The van der Waals surface area contributed by atoms with Crippen LogP contribution in [0.25, 0.3) is 32.9 Å². The molecule has 41 heavy (non-hydrogen) atoms. The highest BCUT2D eigenvalue weighted by molar-refractivity contribution is 6.36. The number of aromatic hydroxyl groups is 1. The number of rotatable bonds is 6. The Labute approximate surface area is 245 Å². The lowest BCUT2D eigenvalue weighted by Gasteiger charge is -2.33. The minimum absolute atomic E-state index is 0.0291. The molecule has 4 aromatic rings. The van der Waals surface area contributed by atoms with Crippen molar-refractivity contribution in [2.45, 2.75) is 56.9 Å². The first kappa shape index (κ1) is 26.9. The number of aromatic nitrogens is 2. The maximum atomic E-state index is 16.6. The number of hydrogen-bond donors (Lipinski definition) is 1. The molecule has 3 saturated heterocycles. The summed E-state index contributed by atoms with van der Waals surface area (Å²) in [6.45, 7) is 8.09. The van der Waals surface area contributed by atoms with Crippen molar-refractivity contribution in [2.75, 3.05) is 39.3 Å². The lowest BCUT2D eigenvalue weighted by atomic mass is 9.87. The summed E-state index contributed by atoms with van der Waals surface area (Å²) < 4.78 is 23.1. The molecule has 0 spiro atoms. The van der Waals surface area contributed by atoms with E-state index in [1.807, 2.05) is 18.2 Å². The van der Waals surface area contributed by atoms with E-state index in [9.17, 15) is 5.11 Å². The number of benzene rings is 2. The van der Waals surface area contributed by atoms with E-state index in [0.717, 1.165) is 74.7 Å². The summed E-state index contributed by atoms with van der Waals surface area (Å²) >= 11 is 6.58. The Bertz CT molecular complexity index is 1610. The SMILES string of the molecule is CCN1CCC(c2cc(OCC34CCCN3CCC4)nc3c(F)c(-c4cc(O)cc5cccc(Cl)c45)ncc23)CC1. The summed E-state index contributed by atoms with van der Waals surface area (Å²) in [7, 11) is 0. The highest BCUT2D eigenvalue weighted by Gasteiger charge is 2.45. The number of ether oxygens (including phenoxy) is 1. The van der Waals surface area contributed by atoms with Gasteiger partial charge in [0.05, 0.1) is 5.54 Å². The average Bonchev–Trinajstić information content (AvgIpc) is 3.56. The van der Waals surface area contributed by atoms with Gasteiger partial charge >= 0.3 is 0 Å². The fourth-order valence-electron chi connectivity index (χ4n) is 7.53. The van der Waals surface area contributed by atoms with E-state index >= 15 is 4.39 Å². The first-order valence-corrected chi connectivity index (χ1v) is 15.3. The van der Waals surface area contributed by atoms with E-state index in [4.69, 9.17) is 21.3 Å². The molecule has 1 N–H and O–H groups in total. The summed E-state index contributed by atoms with van der Waals surface area (Å²) in [5, 5.41) is 13.1. The van der Waals surface area contributed by atoms with Gasteiger partial charge in [-0.1, -0.05) is 30.7 Å². The van der Waals surface area contributed by atoms with Gasteiger partial charge in [0.2, 0.25) is 5.88 Å². The number of pyridine rings is 2. The summed E-state index contributed by atoms with van der Waals surface area (Å²) in [6, 6.07) is 10.6. The third kappa shape index (κ3) is 4.72. The molecule has 3 aliphatic heterocycles. The molecule has 3 aliphatic rings. The Kier molecular flexibility index (Phi) is 7.00. The predicted octanol–water partition coefficient (Wildman–Crippen LogP) is 7.15. The first-order valence-electron chi connectivity index (χ1n) is 15.0. The van der Waals surface area contributed by atoms with E-state index in [2.05, 4.69) is 21.7 Å². The van der Waals surface area contributed by atoms with Gasteiger partial charge in [0.25, 0.3) is 0 Å². The summed E-state index contributed by atoms with van der Waals surface area (Å²) in [5.74, 6) is 0.268. The number of phenolic OH excluding ortho intramolecular Hbond substituents is 1. The Morgan fingerprint density at radius 1 is 1.10 bits per heavy atom. The van der Waals surface area contributed by atoms with Crippen LogP contribution < -0.4 is 4.74 Å². The molecule has 2 aromatic heterocycles. The number of likely N-dealkylation sites (tertiary alicyclic amines) is 1. The van der Waals surface area contributed by atoms with Crippen LogP contribution in [0.1, 0.15) is 56.9 Å². The molecule has 0 amide bonds.